The molecular formula is C24H24F2N6O2S. The van der Waals surface area contributed by atoms with E-state index in [-0.39, 0.29) is 40.7 Å². The molecule has 11 heteroatoms. The minimum atomic E-state index is -2.90. The van der Waals surface area contributed by atoms with Crippen LogP contribution in [0.15, 0.2) is 35.1 Å². The molecule has 0 bridgehead atoms. The van der Waals surface area contributed by atoms with Crippen LogP contribution in [0.25, 0.3) is 10.2 Å². The largest absolute Gasteiger partial charge is 0.341 e. The average Bonchev–Trinajstić information content (AvgIpc) is 3.44. The van der Waals surface area contributed by atoms with Crippen molar-refractivity contribution in [3.63, 3.8) is 0 Å². The van der Waals surface area contributed by atoms with Crippen molar-refractivity contribution in [2.75, 3.05) is 31.1 Å². The average molecular weight is 499 g/mol. The van der Waals surface area contributed by atoms with Crippen LogP contribution in [-0.4, -0.2) is 58.5 Å². The van der Waals surface area contributed by atoms with Crippen LogP contribution in [-0.2, 0) is 6.54 Å². The minimum absolute atomic E-state index is 0.0282. The van der Waals surface area contributed by atoms with E-state index in [0.717, 1.165) is 29.1 Å². The molecule has 2 N–H and O–H groups in total. The summed E-state index contributed by atoms with van der Waals surface area (Å²) in [6.07, 6.45) is 1.35. The number of hydrogen-bond donors (Lipinski definition) is 1. The number of hydrogen-bond acceptors (Lipinski definition) is 7. The monoisotopic (exact) mass is 498 g/mol. The number of fused-ring (bicyclic) bond motifs is 1. The Morgan fingerprint density at radius 2 is 2.11 bits per heavy atom. The number of benzene rings is 1. The molecule has 35 heavy (non-hydrogen) atoms. The van der Waals surface area contributed by atoms with Gasteiger partial charge in [-0.25, -0.2) is 13.8 Å². The molecule has 2 fully saturated rings. The zero-order chi connectivity index (χ0) is 24.7. The second-order valence-electron chi connectivity index (χ2n) is 9.08. The lowest BCUT2D eigenvalue weighted by Gasteiger charge is -2.33. The van der Waals surface area contributed by atoms with Gasteiger partial charge in [0.1, 0.15) is 4.70 Å². The Balaban J connectivity index is 1.60. The van der Waals surface area contributed by atoms with Crippen LogP contribution in [0.4, 0.5) is 14.7 Å². The highest BCUT2D eigenvalue weighted by molar-refractivity contribution is 7.20. The summed E-state index contributed by atoms with van der Waals surface area (Å²) in [5.74, 6) is -2.99. The smallest absolute Gasteiger partial charge is 0.273 e. The van der Waals surface area contributed by atoms with Crippen molar-refractivity contribution in [1.29, 1.82) is 5.26 Å². The van der Waals surface area contributed by atoms with Gasteiger partial charge in [-0.05, 0) is 30.5 Å². The van der Waals surface area contributed by atoms with Gasteiger partial charge in [0.15, 0.2) is 0 Å². The molecule has 0 radical (unpaired) electrons. The summed E-state index contributed by atoms with van der Waals surface area (Å²) in [5.41, 5.74) is 7.33. The van der Waals surface area contributed by atoms with E-state index < -0.39 is 18.4 Å². The van der Waals surface area contributed by atoms with Crippen molar-refractivity contribution in [1.82, 2.24) is 14.5 Å². The van der Waals surface area contributed by atoms with E-state index in [2.05, 4.69) is 6.07 Å². The van der Waals surface area contributed by atoms with Crippen molar-refractivity contribution < 1.29 is 13.6 Å². The Hall–Kier alpha value is -3.36. The van der Waals surface area contributed by atoms with Gasteiger partial charge in [0.05, 0.1) is 35.1 Å². The van der Waals surface area contributed by atoms with Crippen molar-refractivity contribution in [3.8, 4) is 6.07 Å². The highest BCUT2D eigenvalue weighted by Crippen LogP contribution is 2.31. The number of nitrogens with two attached hydrogens (primary N) is 1. The van der Waals surface area contributed by atoms with Crippen LogP contribution in [0.5, 0.6) is 0 Å². The molecule has 1 aromatic carbocycles. The fourth-order valence-corrected chi connectivity index (χ4v) is 5.70. The molecular weight excluding hydrogens is 474 g/mol. The Bertz CT molecular complexity index is 1390. The van der Waals surface area contributed by atoms with E-state index >= 15 is 0 Å². The number of nitrogens with zero attached hydrogens (tertiary/aromatic N) is 5. The lowest BCUT2D eigenvalue weighted by Crippen LogP contribution is -2.45. The van der Waals surface area contributed by atoms with E-state index in [0.29, 0.717) is 35.7 Å². The molecule has 0 aliphatic carbocycles. The first-order chi connectivity index (χ1) is 16.8. The maximum Gasteiger partial charge on any atom is 0.273 e. The quantitative estimate of drug-likeness (QED) is 0.593. The molecule has 3 aromatic rings. The lowest BCUT2D eigenvalue weighted by molar-refractivity contribution is 0.0121. The van der Waals surface area contributed by atoms with Gasteiger partial charge in [-0.15, -0.1) is 11.3 Å². The van der Waals surface area contributed by atoms with Gasteiger partial charge < -0.3 is 15.5 Å². The van der Waals surface area contributed by atoms with Crippen LogP contribution in [0.3, 0.4) is 0 Å². The summed E-state index contributed by atoms with van der Waals surface area (Å²) in [6, 6.07) is 10.7. The minimum Gasteiger partial charge on any atom is -0.341 e. The van der Waals surface area contributed by atoms with E-state index in [4.69, 9.17) is 10.7 Å². The van der Waals surface area contributed by atoms with Crippen LogP contribution in [0.1, 0.15) is 40.1 Å². The zero-order valence-electron chi connectivity index (χ0n) is 18.9. The number of aromatic nitrogens is 2. The molecule has 0 spiro atoms. The summed E-state index contributed by atoms with van der Waals surface area (Å²) in [7, 11) is 0. The van der Waals surface area contributed by atoms with Crippen molar-refractivity contribution in [2.24, 2.45) is 5.73 Å². The number of thiophene rings is 1. The second kappa shape index (κ2) is 9.02. The standard InChI is InChI=1S/C24H24F2N6O2S/c25-24(26)7-9-31(14-24)21(33)19-10-18-20(35-19)22(34)32(12-16-5-2-1-4-15(16)11-27)23(29-18)30-8-3-6-17(28)13-30/h1-2,4-5,10,17H,3,6-9,12-14,28H2. The first-order valence-corrected chi connectivity index (χ1v) is 12.3. The predicted octanol–water partition coefficient (Wildman–Crippen LogP) is 2.79. The molecule has 8 nitrogen and oxygen atoms in total. The highest BCUT2D eigenvalue weighted by atomic mass is 32.1. The fourth-order valence-electron chi connectivity index (χ4n) is 4.68. The second-order valence-corrected chi connectivity index (χ2v) is 10.1. The van der Waals surface area contributed by atoms with Crippen LogP contribution >= 0.6 is 11.3 Å². The predicted molar refractivity (Wildman–Crippen MR) is 129 cm³/mol. The zero-order valence-corrected chi connectivity index (χ0v) is 19.7. The number of rotatable bonds is 4. The number of piperidine rings is 1. The van der Waals surface area contributed by atoms with Crippen molar-refractivity contribution >= 4 is 33.4 Å². The molecule has 0 saturated carbocycles. The Kier molecular flexibility index (Phi) is 6.02. The molecule has 2 saturated heterocycles. The Morgan fingerprint density at radius 3 is 2.83 bits per heavy atom. The number of carbonyl (C=O) groups excluding carboxylic acids is 1. The maximum atomic E-state index is 13.7. The fraction of sp³-hybridized carbons (Fsp3) is 0.417. The molecule has 4 heterocycles. The van der Waals surface area contributed by atoms with Crippen molar-refractivity contribution in [3.05, 3.63) is 56.7 Å². The van der Waals surface area contributed by atoms with Gasteiger partial charge in [-0.3, -0.25) is 14.2 Å². The molecule has 1 amide bonds. The van der Waals surface area contributed by atoms with E-state index in [1.165, 1.54) is 10.6 Å². The van der Waals surface area contributed by atoms with Crippen LogP contribution in [0, 0.1) is 11.3 Å². The normalized spacial score (nSPS) is 19.8. The molecule has 182 valence electrons. The van der Waals surface area contributed by atoms with Gasteiger partial charge in [0.25, 0.3) is 17.4 Å². The van der Waals surface area contributed by atoms with Gasteiger partial charge in [0, 0.05) is 32.1 Å². The lowest BCUT2D eigenvalue weighted by atomic mass is 10.1. The number of anilines is 1. The first-order valence-electron chi connectivity index (χ1n) is 11.5. The summed E-state index contributed by atoms with van der Waals surface area (Å²) >= 11 is 0.969. The SMILES string of the molecule is N#Cc1ccccc1Cn1c(N2CCCC(N)C2)nc2cc(C(=O)N3CCC(F)(F)C3)sc2c1=O. The summed E-state index contributed by atoms with van der Waals surface area (Å²) in [5, 5.41) is 9.52. The molecule has 2 aromatic heterocycles. The number of nitriles is 1. The van der Waals surface area contributed by atoms with Gasteiger partial charge in [-0.2, -0.15) is 5.26 Å². The third kappa shape index (κ3) is 4.51. The van der Waals surface area contributed by atoms with Crippen LogP contribution in [0.2, 0.25) is 0 Å². The van der Waals surface area contributed by atoms with Crippen molar-refractivity contribution in [2.45, 2.75) is 37.8 Å². The molecule has 1 atom stereocenters. The number of alkyl halides is 2. The Labute approximate surface area is 204 Å². The summed E-state index contributed by atoms with van der Waals surface area (Å²) in [4.78, 5) is 34.6. The third-order valence-electron chi connectivity index (χ3n) is 6.49. The van der Waals surface area contributed by atoms with Crippen LogP contribution < -0.4 is 16.2 Å². The van der Waals surface area contributed by atoms with Gasteiger partial charge >= 0.3 is 0 Å². The number of carbonyl (C=O) groups is 1. The van der Waals surface area contributed by atoms with Gasteiger partial charge in [0.2, 0.25) is 5.95 Å². The molecule has 2 aliphatic heterocycles. The third-order valence-corrected chi connectivity index (χ3v) is 7.59. The maximum absolute atomic E-state index is 13.7. The van der Waals surface area contributed by atoms with E-state index in [9.17, 15) is 23.6 Å². The number of amides is 1. The number of halogens is 2. The van der Waals surface area contributed by atoms with E-state index in [1.807, 2.05) is 4.90 Å². The summed E-state index contributed by atoms with van der Waals surface area (Å²) in [6.45, 7) is 0.673. The number of likely N-dealkylation sites (tertiary alicyclic amines) is 1. The highest BCUT2D eigenvalue weighted by Gasteiger charge is 2.41. The molecule has 5 rings (SSSR count). The first kappa shape index (κ1) is 23.4. The topological polar surface area (TPSA) is 108 Å². The molecule has 2 aliphatic rings. The molecule has 1 unspecified atom stereocenters. The summed E-state index contributed by atoms with van der Waals surface area (Å²) < 4.78 is 29.1. The van der Waals surface area contributed by atoms with E-state index in [1.54, 1.807) is 24.3 Å². The van der Waals surface area contributed by atoms with Gasteiger partial charge in [-0.1, -0.05) is 18.2 Å². The Morgan fingerprint density at radius 1 is 1.31 bits per heavy atom.